The molecule has 142 valence electrons. The average molecular weight is 376 g/mol. The maximum absolute atomic E-state index is 12.2. The number of ether oxygens (including phenoxy) is 1. The molecule has 0 spiro atoms. The van der Waals surface area contributed by atoms with Crippen LogP contribution in [0.25, 0.3) is 11.3 Å². The van der Waals surface area contributed by atoms with Crippen molar-refractivity contribution in [2.75, 3.05) is 7.11 Å². The van der Waals surface area contributed by atoms with Gasteiger partial charge in [0.05, 0.1) is 24.6 Å². The van der Waals surface area contributed by atoms with Crippen molar-refractivity contribution in [2.45, 2.75) is 13.8 Å². The van der Waals surface area contributed by atoms with E-state index >= 15 is 0 Å². The van der Waals surface area contributed by atoms with E-state index < -0.39 is 11.9 Å². The van der Waals surface area contributed by atoms with Gasteiger partial charge >= 0.3 is 5.97 Å². The lowest BCUT2D eigenvalue weighted by Gasteiger charge is -2.01. The maximum atomic E-state index is 12.2. The standard InChI is InChI=1S/C21H20N4O3/c1-13-4-7-17(10-14(13)2)18-11-19(24-23-18)20(26)25-22-12-15-5-8-16(9-6-15)21(27)28-3/h4-12H,1-3H3,(H,23,24)(H,25,26). The van der Waals surface area contributed by atoms with Gasteiger partial charge in [-0.25, -0.2) is 10.2 Å². The lowest BCUT2D eigenvalue weighted by atomic mass is 10.0. The van der Waals surface area contributed by atoms with Crippen molar-refractivity contribution >= 4 is 18.1 Å². The van der Waals surface area contributed by atoms with Gasteiger partial charge < -0.3 is 4.74 Å². The number of carbonyl (C=O) groups is 2. The van der Waals surface area contributed by atoms with Crippen LogP contribution in [-0.2, 0) is 4.74 Å². The highest BCUT2D eigenvalue weighted by atomic mass is 16.5. The summed E-state index contributed by atoms with van der Waals surface area (Å²) in [6.07, 6.45) is 1.49. The molecule has 0 fully saturated rings. The highest BCUT2D eigenvalue weighted by Crippen LogP contribution is 2.20. The van der Waals surface area contributed by atoms with Crippen LogP contribution >= 0.6 is 0 Å². The molecular weight excluding hydrogens is 356 g/mol. The van der Waals surface area contributed by atoms with Crippen LogP contribution in [0.3, 0.4) is 0 Å². The zero-order valence-electron chi connectivity index (χ0n) is 15.8. The summed E-state index contributed by atoms with van der Waals surface area (Å²) in [5.41, 5.74) is 7.92. The summed E-state index contributed by atoms with van der Waals surface area (Å²) >= 11 is 0. The van der Waals surface area contributed by atoms with Gasteiger partial charge in [-0.3, -0.25) is 9.89 Å². The molecule has 3 rings (SSSR count). The fourth-order valence-corrected chi connectivity index (χ4v) is 2.54. The number of benzene rings is 2. The second-order valence-corrected chi connectivity index (χ2v) is 6.28. The molecule has 0 unspecified atom stereocenters. The van der Waals surface area contributed by atoms with E-state index in [0.717, 1.165) is 16.7 Å². The van der Waals surface area contributed by atoms with Gasteiger partial charge in [-0.2, -0.15) is 10.2 Å². The monoisotopic (exact) mass is 376 g/mol. The number of methoxy groups -OCH3 is 1. The predicted molar refractivity (Wildman–Crippen MR) is 106 cm³/mol. The Morgan fingerprint density at radius 2 is 1.82 bits per heavy atom. The Morgan fingerprint density at radius 3 is 2.50 bits per heavy atom. The van der Waals surface area contributed by atoms with Crippen molar-refractivity contribution in [3.8, 4) is 11.3 Å². The quantitative estimate of drug-likeness (QED) is 0.406. The lowest BCUT2D eigenvalue weighted by Crippen LogP contribution is -2.18. The first-order chi connectivity index (χ1) is 13.5. The molecule has 0 atom stereocenters. The Balaban J connectivity index is 1.63. The van der Waals surface area contributed by atoms with Crippen LogP contribution in [0.1, 0.15) is 37.5 Å². The summed E-state index contributed by atoms with van der Waals surface area (Å²) in [4.78, 5) is 23.6. The summed E-state index contributed by atoms with van der Waals surface area (Å²) in [7, 11) is 1.33. The van der Waals surface area contributed by atoms with Crippen LogP contribution in [0, 0.1) is 13.8 Å². The number of nitrogens with zero attached hydrogens (tertiary/aromatic N) is 2. The molecular formula is C21H20N4O3. The lowest BCUT2D eigenvalue weighted by molar-refractivity contribution is 0.0600. The second-order valence-electron chi connectivity index (χ2n) is 6.28. The Morgan fingerprint density at radius 1 is 1.07 bits per heavy atom. The minimum absolute atomic E-state index is 0.311. The zero-order valence-corrected chi connectivity index (χ0v) is 15.8. The fourth-order valence-electron chi connectivity index (χ4n) is 2.54. The number of esters is 1. The Hall–Kier alpha value is -3.74. The van der Waals surface area contributed by atoms with Crippen molar-refractivity contribution in [3.63, 3.8) is 0 Å². The topological polar surface area (TPSA) is 96.4 Å². The Bertz CT molecular complexity index is 1040. The van der Waals surface area contributed by atoms with Gasteiger partial charge in [0.25, 0.3) is 5.91 Å². The molecule has 0 saturated carbocycles. The van der Waals surface area contributed by atoms with Crippen molar-refractivity contribution in [3.05, 3.63) is 76.5 Å². The molecule has 2 aromatic carbocycles. The predicted octanol–water partition coefficient (Wildman–Crippen LogP) is 3.24. The molecule has 7 heteroatoms. The maximum Gasteiger partial charge on any atom is 0.337 e. The van der Waals surface area contributed by atoms with Gasteiger partial charge in [-0.1, -0.05) is 24.3 Å². The smallest absolute Gasteiger partial charge is 0.337 e. The van der Waals surface area contributed by atoms with Gasteiger partial charge in [0.1, 0.15) is 5.69 Å². The molecule has 1 heterocycles. The number of aryl methyl sites for hydroxylation is 2. The first-order valence-corrected chi connectivity index (χ1v) is 8.63. The zero-order chi connectivity index (χ0) is 20.1. The second kappa shape index (κ2) is 8.30. The highest BCUT2D eigenvalue weighted by Gasteiger charge is 2.11. The number of rotatable bonds is 5. The first kappa shape index (κ1) is 19.0. The number of aromatic nitrogens is 2. The molecule has 1 amide bonds. The van der Waals surface area contributed by atoms with E-state index in [4.69, 9.17) is 0 Å². The molecule has 0 radical (unpaired) electrons. The summed E-state index contributed by atoms with van der Waals surface area (Å²) in [6.45, 7) is 4.08. The molecule has 2 N–H and O–H groups in total. The number of carbonyl (C=O) groups excluding carboxylic acids is 2. The molecule has 0 aliphatic carbocycles. The van der Waals surface area contributed by atoms with Crippen molar-refractivity contribution in [2.24, 2.45) is 5.10 Å². The largest absolute Gasteiger partial charge is 0.465 e. The van der Waals surface area contributed by atoms with Gasteiger partial charge in [-0.15, -0.1) is 0 Å². The molecule has 0 bridgehead atoms. The molecule has 0 aliphatic rings. The number of hydrogen-bond donors (Lipinski definition) is 2. The number of hydrazone groups is 1. The van der Waals surface area contributed by atoms with E-state index in [0.29, 0.717) is 17.0 Å². The first-order valence-electron chi connectivity index (χ1n) is 8.63. The van der Waals surface area contributed by atoms with E-state index in [1.165, 1.54) is 18.9 Å². The van der Waals surface area contributed by atoms with E-state index in [1.54, 1.807) is 30.3 Å². The van der Waals surface area contributed by atoms with E-state index in [1.807, 2.05) is 32.0 Å². The van der Waals surface area contributed by atoms with Crippen LogP contribution in [0.4, 0.5) is 0 Å². The summed E-state index contributed by atoms with van der Waals surface area (Å²) in [6, 6.07) is 14.4. The molecule has 0 aliphatic heterocycles. The normalized spacial score (nSPS) is 10.8. The van der Waals surface area contributed by atoms with Crippen LogP contribution in [-0.4, -0.2) is 35.4 Å². The molecule has 3 aromatic rings. The summed E-state index contributed by atoms with van der Waals surface area (Å²) in [5.74, 6) is -0.805. The average Bonchev–Trinajstić information content (AvgIpc) is 3.20. The molecule has 7 nitrogen and oxygen atoms in total. The highest BCUT2D eigenvalue weighted by molar-refractivity contribution is 5.94. The molecule has 0 saturated heterocycles. The van der Waals surface area contributed by atoms with Crippen molar-refractivity contribution in [1.29, 1.82) is 0 Å². The van der Waals surface area contributed by atoms with Crippen molar-refractivity contribution in [1.82, 2.24) is 15.6 Å². The number of hydrogen-bond acceptors (Lipinski definition) is 5. The summed E-state index contributed by atoms with van der Waals surface area (Å²) < 4.78 is 4.64. The van der Waals surface area contributed by atoms with Crippen LogP contribution in [0.15, 0.2) is 53.6 Å². The van der Waals surface area contributed by atoms with Crippen LogP contribution in [0.5, 0.6) is 0 Å². The van der Waals surface area contributed by atoms with E-state index in [9.17, 15) is 9.59 Å². The molecule has 28 heavy (non-hydrogen) atoms. The fraction of sp³-hybridized carbons (Fsp3) is 0.143. The summed E-state index contributed by atoms with van der Waals surface area (Å²) in [5, 5.41) is 10.9. The number of aromatic amines is 1. The van der Waals surface area contributed by atoms with Gasteiger partial charge in [0, 0.05) is 5.56 Å². The van der Waals surface area contributed by atoms with Crippen molar-refractivity contribution < 1.29 is 14.3 Å². The number of amides is 1. The SMILES string of the molecule is COC(=O)c1ccc(C=NNC(=O)c2cc(-c3ccc(C)c(C)c3)n[nH]2)cc1. The van der Waals surface area contributed by atoms with E-state index in [-0.39, 0.29) is 0 Å². The van der Waals surface area contributed by atoms with E-state index in [2.05, 4.69) is 25.5 Å². The van der Waals surface area contributed by atoms with Gasteiger partial charge in [0.2, 0.25) is 0 Å². The minimum atomic E-state index is -0.407. The number of nitrogens with one attached hydrogen (secondary N) is 2. The van der Waals surface area contributed by atoms with Crippen LogP contribution in [0.2, 0.25) is 0 Å². The number of H-pyrrole nitrogens is 1. The van der Waals surface area contributed by atoms with Gasteiger partial charge in [-0.05, 0) is 54.8 Å². The third kappa shape index (κ3) is 4.32. The Kier molecular flexibility index (Phi) is 5.64. The minimum Gasteiger partial charge on any atom is -0.465 e. The van der Waals surface area contributed by atoms with Gasteiger partial charge in [0.15, 0.2) is 0 Å². The van der Waals surface area contributed by atoms with Crippen LogP contribution < -0.4 is 5.43 Å². The molecule has 1 aromatic heterocycles. The third-order valence-electron chi connectivity index (χ3n) is 4.34. The Labute approximate surface area is 162 Å². The third-order valence-corrected chi connectivity index (χ3v) is 4.34.